The Hall–Kier alpha value is -1.83. The number of nitrogens with one attached hydrogen (secondary N) is 1. The van der Waals surface area contributed by atoms with Gasteiger partial charge in [0.15, 0.2) is 0 Å². The van der Waals surface area contributed by atoms with E-state index in [-0.39, 0.29) is 17.3 Å². The van der Waals surface area contributed by atoms with Gasteiger partial charge in [0.05, 0.1) is 11.7 Å². The van der Waals surface area contributed by atoms with Gasteiger partial charge in [-0.25, -0.2) is 4.39 Å². The smallest absolute Gasteiger partial charge is 0.146 e. The maximum Gasteiger partial charge on any atom is 0.146 e. The summed E-state index contributed by atoms with van der Waals surface area (Å²) in [5.41, 5.74) is 3.46. The third-order valence-corrected chi connectivity index (χ3v) is 4.33. The molecular weight excluding hydrogens is 249 g/mol. The topological polar surface area (TPSA) is 12.0 Å². The summed E-state index contributed by atoms with van der Waals surface area (Å²) in [5.74, 6) is -0.185. The first-order chi connectivity index (χ1) is 9.58. The molecule has 1 aliphatic carbocycles. The number of hydrogen-bond acceptors (Lipinski definition) is 1. The van der Waals surface area contributed by atoms with Gasteiger partial charge < -0.3 is 5.32 Å². The van der Waals surface area contributed by atoms with E-state index in [2.05, 4.69) is 43.4 Å². The average molecular weight is 269 g/mol. The van der Waals surface area contributed by atoms with Crippen molar-refractivity contribution in [2.75, 3.05) is 5.32 Å². The molecule has 1 aliphatic rings. The lowest BCUT2D eigenvalue weighted by Gasteiger charge is -2.37. The maximum absolute atomic E-state index is 13.8. The molecule has 0 aliphatic heterocycles. The highest BCUT2D eigenvalue weighted by Gasteiger charge is 2.32. The highest BCUT2D eigenvalue weighted by atomic mass is 19.1. The fourth-order valence-corrected chi connectivity index (χ4v) is 3.13. The van der Waals surface area contributed by atoms with Gasteiger partial charge in [0.2, 0.25) is 0 Å². The molecule has 1 unspecified atom stereocenters. The van der Waals surface area contributed by atoms with E-state index >= 15 is 0 Å². The second-order valence-corrected chi connectivity index (χ2v) is 6.19. The van der Waals surface area contributed by atoms with Crippen molar-refractivity contribution in [1.82, 2.24) is 0 Å². The third-order valence-electron chi connectivity index (χ3n) is 4.33. The molecule has 2 heteroatoms. The Morgan fingerprint density at radius 3 is 2.55 bits per heavy atom. The maximum atomic E-state index is 13.8. The molecule has 2 aromatic rings. The molecule has 1 nitrogen and oxygen atoms in total. The van der Waals surface area contributed by atoms with Crippen LogP contribution in [0.15, 0.2) is 48.5 Å². The summed E-state index contributed by atoms with van der Waals surface area (Å²) < 4.78 is 13.8. The third kappa shape index (κ3) is 2.31. The van der Waals surface area contributed by atoms with Crippen LogP contribution in [0, 0.1) is 5.82 Å². The molecule has 104 valence electrons. The number of para-hydroxylation sites is 1. The number of anilines is 1. The molecule has 0 fully saturated rings. The van der Waals surface area contributed by atoms with E-state index in [9.17, 15) is 4.39 Å². The predicted molar refractivity (Wildman–Crippen MR) is 81.5 cm³/mol. The quantitative estimate of drug-likeness (QED) is 0.804. The second-order valence-electron chi connectivity index (χ2n) is 6.19. The monoisotopic (exact) mass is 269 g/mol. The van der Waals surface area contributed by atoms with Crippen LogP contribution in [0.2, 0.25) is 0 Å². The van der Waals surface area contributed by atoms with Gasteiger partial charge in [-0.1, -0.05) is 50.2 Å². The number of benzene rings is 2. The Balaban J connectivity index is 1.95. The standard InChI is InChI=1S/C18H20FN/c1-18(2)12-11-16(13-7-3-4-8-14(13)18)20-17-10-6-5-9-15(17)19/h3-10,16,20H,11-12H2,1-2H3. The molecule has 0 aromatic heterocycles. The molecule has 0 spiro atoms. The Morgan fingerprint density at radius 1 is 1.05 bits per heavy atom. The summed E-state index contributed by atoms with van der Waals surface area (Å²) in [6.07, 6.45) is 2.13. The lowest BCUT2D eigenvalue weighted by molar-refractivity contribution is 0.405. The van der Waals surface area contributed by atoms with Crippen LogP contribution in [0.5, 0.6) is 0 Å². The number of hydrogen-bond donors (Lipinski definition) is 1. The van der Waals surface area contributed by atoms with E-state index in [0.29, 0.717) is 5.69 Å². The van der Waals surface area contributed by atoms with E-state index in [1.807, 2.05) is 6.07 Å². The van der Waals surface area contributed by atoms with Gasteiger partial charge in [-0.15, -0.1) is 0 Å². The van der Waals surface area contributed by atoms with E-state index in [1.54, 1.807) is 12.1 Å². The van der Waals surface area contributed by atoms with Gasteiger partial charge in [0.25, 0.3) is 0 Å². The summed E-state index contributed by atoms with van der Waals surface area (Å²) in [7, 11) is 0. The Morgan fingerprint density at radius 2 is 1.75 bits per heavy atom. The molecule has 3 rings (SSSR count). The summed E-state index contributed by atoms with van der Waals surface area (Å²) in [5, 5.41) is 3.37. The molecule has 1 atom stereocenters. The average Bonchev–Trinajstić information content (AvgIpc) is 2.44. The van der Waals surface area contributed by atoms with Crippen molar-refractivity contribution in [1.29, 1.82) is 0 Å². The van der Waals surface area contributed by atoms with E-state index < -0.39 is 0 Å². The molecule has 0 heterocycles. The Bertz CT molecular complexity index is 618. The first-order valence-corrected chi connectivity index (χ1v) is 7.18. The minimum absolute atomic E-state index is 0.185. The molecule has 1 N–H and O–H groups in total. The molecule has 20 heavy (non-hydrogen) atoms. The van der Waals surface area contributed by atoms with Crippen LogP contribution in [0.1, 0.15) is 43.9 Å². The van der Waals surface area contributed by atoms with Gasteiger partial charge in [-0.2, -0.15) is 0 Å². The van der Waals surface area contributed by atoms with Crippen LogP contribution in [0.3, 0.4) is 0 Å². The van der Waals surface area contributed by atoms with E-state index in [4.69, 9.17) is 0 Å². The minimum atomic E-state index is -0.185. The van der Waals surface area contributed by atoms with Crippen molar-refractivity contribution < 1.29 is 4.39 Å². The molecule has 0 bridgehead atoms. The SMILES string of the molecule is CC1(C)CCC(Nc2ccccc2F)c2ccccc21. The molecule has 0 radical (unpaired) electrons. The van der Waals surface area contributed by atoms with Gasteiger partial charge in [-0.3, -0.25) is 0 Å². The first-order valence-electron chi connectivity index (χ1n) is 7.18. The van der Waals surface area contributed by atoms with Crippen molar-refractivity contribution in [2.45, 2.75) is 38.1 Å². The van der Waals surface area contributed by atoms with Crippen molar-refractivity contribution in [3.05, 3.63) is 65.5 Å². The van der Waals surface area contributed by atoms with Crippen LogP contribution in [-0.2, 0) is 5.41 Å². The van der Waals surface area contributed by atoms with Gasteiger partial charge in [-0.05, 0) is 41.5 Å². The summed E-state index contributed by atoms with van der Waals surface area (Å²) in [4.78, 5) is 0. The molecule has 0 saturated heterocycles. The van der Waals surface area contributed by atoms with Crippen LogP contribution < -0.4 is 5.32 Å². The number of rotatable bonds is 2. The Kier molecular flexibility index (Phi) is 3.25. The molecule has 0 saturated carbocycles. The number of fused-ring (bicyclic) bond motifs is 1. The van der Waals surface area contributed by atoms with Crippen LogP contribution in [0.4, 0.5) is 10.1 Å². The van der Waals surface area contributed by atoms with E-state index in [1.165, 1.54) is 17.2 Å². The highest BCUT2D eigenvalue weighted by Crippen LogP contribution is 2.42. The van der Waals surface area contributed by atoms with Crippen molar-refractivity contribution >= 4 is 5.69 Å². The van der Waals surface area contributed by atoms with Crippen LogP contribution in [-0.4, -0.2) is 0 Å². The van der Waals surface area contributed by atoms with Crippen LogP contribution >= 0.6 is 0 Å². The zero-order valence-electron chi connectivity index (χ0n) is 12.0. The van der Waals surface area contributed by atoms with Crippen molar-refractivity contribution in [3.63, 3.8) is 0 Å². The van der Waals surface area contributed by atoms with Crippen molar-refractivity contribution in [2.24, 2.45) is 0 Å². The zero-order valence-corrected chi connectivity index (χ0v) is 12.0. The fourth-order valence-electron chi connectivity index (χ4n) is 3.13. The molecule has 0 amide bonds. The lowest BCUT2D eigenvalue weighted by Crippen LogP contribution is -2.29. The predicted octanol–water partition coefficient (Wildman–Crippen LogP) is 5.05. The zero-order chi connectivity index (χ0) is 14.2. The summed E-state index contributed by atoms with van der Waals surface area (Å²) >= 11 is 0. The molecular formula is C18H20FN. The largest absolute Gasteiger partial charge is 0.376 e. The number of halogens is 1. The first kappa shape index (κ1) is 13.2. The van der Waals surface area contributed by atoms with Crippen molar-refractivity contribution in [3.8, 4) is 0 Å². The van der Waals surface area contributed by atoms with Gasteiger partial charge in [0.1, 0.15) is 5.82 Å². The fraction of sp³-hybridized carbons (Fsp3) is 0.333. The van der Waals surface area contributed by atoms with Gasteiger partial charge >= 0.3 is 0 Å². The minimum Gasteiger partial charge on any atom is -0.376 e. The second kappa shape index (κ2) is 4.93. The van der Waals surface area contributed by atoms with Crippen LogP contribution in [0.25, 0.3) is 0 Å². The normalized spacial score (nSPS) is 20.2. The summed E-state index contributed by atoms with van der Waals surface area (Å²) in [6.45, 7) is 4.57. The van der Waals surface area contributed by atoms with Gasteiger partial charge in [0, 0.05) is 0 Å². The lowest BCUT2D eigenvalue weighted by atomic mass is 9.71. The van der Waals surface area contributed by atoms with E-state index in [0.717, 1.165) is 12.8 Å². The Labute approximate surface area is 119 Å². The highest BCUT2D eigenvalue weighted by molar-refractivity contribution is 5.49. The molecule has 2 aromatic carbocycles. The summed E-state index contributed by atoms with van der Waals surface area (Å²) in [6, 6.07) is 15.6.